The molecule has 1 unspecified atom stereocenters. The predicted octanol–water partition coefficient (Wildman–Crippen LogP) is 2.03. The van der Waals surface area contributed by atoms with Crippen LogP contribution in [0.2, 0.25) is 0 Å². The van der Waals surface area contributed by atoms with E-state index < -0.39 is 0 Å². The van der Waals surface area contributed by atoms with Crippen LogP contribution >= 0.6 is 0 Å². The first-order chi connectivity index (χ1) is 8.22. The number of hydrogen-bond acceptors (Lipinski definition) is 3. The number of aryl methyl sites for hydroxylation is 2. The van der Waals surface area contributed by atoms with Crippen molar-refractivity contribution in [2.45, 2.75) is 45.2 Å². The Bertz CT molecular complexity index is 412. The fourth-order valence-corrected chi connectivity index (χ4v) is 2.71. The molecule has 2 heterocycles. The molecule has 0 aromatic carbocycles. The summed E-state index contributed by atoms with van der Waals surface area (Å²) in [7, 11) is 0. The largest absolute Gasteiger partial charge is 0.368 e. The molecule has 1 aliphatic heterocycles. The van der Waals surface area contributed by atoms with Gasteiger partial charge in [-0.2, -0.15) is 0 Å². The minimum absolute atomic E-state index is 0.684. The van der Waals surface area contributed by atoms with Gasteiger partial charge in [-0.1, -0.05) is 0 Å². The fraction of sp³-hybridized carbons (Fsp3) is 0.643. The summed E-state index contributed by atoms with van der Waals surface area (Å²) in [5, 5.41) is 3.72. The second-order valence-electron chi connectivity index (χ2n) is 5.43. The Kier molecular flexibility index (Phi) is 2.79. The summed E-state index contributed by atoms with van der Waals surface area (Å²) >= 11 is 0. The smallest absolute Gasteiger partial charge is 0.0608 e. The highest BCUT2D eigenvalue weighted by Crippen LogP contribution is 2.26. The maximum Gasteiger partial charge on any atom is 0.0608 e. The van der Waals surface area contributed by atoms with Gasteiger partial charge in [0.2, 0.25) is 0 Å². The van der Waals surface area contributed by atoms with Crippen LogP contribution in [0.3, 0.4) is 0 Å². The molecule has 0 radical (unpaired) electrons. The highest BCUT2D eigenvalue weighted by atomic mass is 15.2. The zero-order chi connectivity index (χ0) is 11.8. The second kappa shape index (κ2) is 4.30. The first-order valence-corrected chi connectivity index (χ1v) is 6.67. The Morgan fingerprint density at radius 2 is 2.00 bits per heavy atom. The van der Waals surface area contributed by atoms with Crippen LogP contribution < -0.4 is 10.2 Å². The van der Waals surface area contributed by atoms with Gasteiger partial charge in [0.25, 0.3) is 0 Å². The van der Waals surface area contributed by atoms with Crippen molar-refractivity contribution >= 4 is 5.69 Å². The van der Waals surface area contributed by atoms with Crippen molar-refractivity contribution in [2.24, 2.45) is 0 Å². The maximum absolute atomic E-state index is 4.55. The number of aromatic nitrogens is 1. The van der Waals surface area contributed by atoms with Crippen LogP contribution in [0.25, 0.3) is 0 Å². The van der Waals surface area contributed by atoms with Crippen molar-refractivity contribution in [1.29, 1.82) is 0 Å². The van der Waals surface area contributed by atoms with Gasteiger partial charge in [0.15, 0.2) is 0 Å². The van der Waals surface area contributed by atoms with Crippen LogP contribution in [0.15, 0.2) is 12.1 Å². The lowest BCUT2D eigenvalue weighted by Crippen LogP contribution is -2.34. The van der Waals surface area contributed by atoms with Gasteiger partial charge in [-0.3, -0.25) is 4.98 Å². The summed E-state index contributed by atoms with van der Waals surface area (Å²) in [6.07, 6.45) is 4.02. The van der Waals surface area contributed by atoms with E-state index in [1.54, 1.807) is 0 Å². The van der Waals surface area contributed by atoms with E-state index in [1.165, 1.54) is 24.9 Å². The molecule has 1 aliphatic carbocycles. The maximum atomic E-state index is 4.55. The molecular weight excluding hydrogens is 210 g/mol. The minimum atomic E-state index is 0.684. The molecule has 2 fully saturated rings. The number of rotatable bonds is 3. The summed E-state index contributed by atoms with van der Waals surface area (Å²) in [6, 6.07) is 5.83. The quantitative estimate of drug-likeness (QED) is 0.862. The number of nitrogens with zero attached hydrogens (tertiary/aromatic N) is 2. The van der Waals surface area contributed by atoms with Crippen molar-refractivity contribution in [3.63, 3.8) is 0 Å². The van der Waals surface area contributed by atoms with Crippen molar-refractivity contribution in [2.75, 3.05) is 18.0 Å². The van der Waals surface area contributed by atoms with E-state index in [1.807, 2.05) is 0 Å². The first-order valence-electron chi connectivity index (χ1n) is 6.67. The summed E-state index contributed by atoms with van der Waals surface area (Å²) in [6.45, 7) is 6.47. The van der Waals surface area contributed by atoms with Gasteiger partial charge < -0.3 is 10.2 Å². The van der Waals surface area contributed by atoms with Crippen LogP contribution in [0.4, 0.5) is 5.69 Å². The van der Waals surface area contributed by atoms with Gasteiger partial charge in [-0.15, -0.1) is 0 Å². The first kappa shape index (κ1) is 11.0. The Labute approximate surface area is 103 Å². The van der Waals surface area contributed by atoms with Gasteiger partial charge in [-0.05, 0) is 45.2 Å². The molecule has 0 spiro atoms. The van der Waals surface area contributed by atoms with E-state index >= 15 is 0 Å². The Morgan fingerprint density at radius 1 is 1.18 bits per heavy atom. The van der Waals surface area contributed by atoms with Crippen LogP contribution in [-0.2, 0) is 0 Å². The average molecular weight is 231 g/mol. The highest BCUT2D eigenvalue weighted by molar-refractivity contribution is 5.51. The molecule has 1 aromatic heterocycles. The van der Waals surface area contributed by atoms with Crippen molar-refractivity contribution < 1.29 is 0 Å². The summed E-state index contributed by atoms with van der Waals surface area (Å²) in [5.41, 5.74) is 3.59. The molecule has 1 atom stereocenters. The zero-order valence-electron chi connectivity index (χ0n) is 10.7. The van der Waals surface area contributed by atoms with Gasteiger partial charge in [-0.25, -0.2) is 0 Å². The predicted molar refractivity (Wildman–Crippen MR) is 70.5 cm³/mol. The third-order valence-corrected chi connectivity index (χ3v) is 3.77. The molecule has 3 rings (SSSR count). The molecule has 3 nitrogen and oxygen atoms in total. The highest BCUT2D eigenvalue weighted by Gasteiger charge is 2.29. The SMILES string of the molecule is Cc1ccc(N2CCC(NC3CC3)C2)c(C)n1. The molecule has 1 N–H and O–H groups in total. The summed E-state index contributed by atoms with van der Waals surface area (Å²) in [4.78, 5) is 7.03. The average Bonchev–Trinajstić information content (AvgIpc) is 2.96. The minimum Gasteiger partial charge on any atom is -0.368 e. The third-order valence-electron chi connectivity index (χ3n) is 3.77. The topological polar surface area (TPSA) is 28.2 Å². The molecule has 0 bridgehead atoms. The second-order valence-corrected chi connectivity index (χ2v) is 5.43. The Hall–Kier alpha value is -1.09. The van der Waals surface area contributed by atoms with Crippen molar-refractivity contribution in [3.05, 3.63) is 23.5 Å². The lowest BCUT2D eigenvalue weighted by Gasteiger charge is -2.21. The molecule has 92 valence electrons. The summed E-state index contributed by atoms with van der Waals surface area (Å²) in [5.74, 6) is 0. The molecule has 1 aromatic rings. The standard InChI is InChI=1S/C14H21N3/c1-10-3-6-14(11(2)15-10)17-8-7-13(9-17)16-12-4-5-12/h3,6,12-13,16H,4-5,7-9H2,1-2H3. The van der Waals surface area contributed by atoms with Crippen LogP contribution in [-0.4, -0.2) is 30.2 Å². The zero-order valence-corrected chi connectivity index (χ0v) is 10.7. The van der Waals surface area contributed by atoms with E-state index in [9.17, 15) is 0 Å². The third kappa shape index (κ3) is 2.44. The molecular formula is C14H21N3. The van der Waals surface area contributed by atoms with E-state index in [0.717, 1.165) is 30.5 Å². The number of hydrogen-bond donors (Lipinski definition) is 1. The lowest BCUT2D eigenvalue weighted by atomic mass is 10.2. The fourth-order valence-electron chi connectivity index (χ4n) is 2.71. The summed E-state index contributed by atoms with van der Waals surface area (Å²) < 4.78 is 0. The number of nitrogens with one attached hydrogen (secondary N) is 1. The Balaban J connectivity index is 1.68. The molecule has 3 heteroatoms. The molecule has 1 saturated heterocycles. The van der Waals surface area contributed by atoms with Crippen LogP contribution in [0.1, 0.15) is 30.7 Å². The normalized spacial score (nSPS) is 24.4. The molecule has 2 aliphatic rings. The number of pyridine rings is 1. The lowest BCUT2D eigenvalue weighted by molar-refractivity contribution is 0.548. The van der Waals surface area contributed by atoms with Crippen molar-refractivity contribution in [3.8, 4) is 0 Å². The van der Waals surface area contributed by atoms with Gasteiger partial charge in [0.05, 0.1) is 11.4 Å². The van der Waals surface area contributed by atoms with Gasteiger partial charge >= 0.3 is 0 Å². The monoisotopic (exact) mass is 231 g/mol. The van der Waals surface area contributed by atoms with Crippen LogP contribution in [0, 0.1) is 13.8 Å². The molecule has 1 saturated carbocycles. The number of anilines is 1. The Morgan fingerprint density at radius 3 is 2.71 bits per heavy atom. The van der Waals surface area contributed by atoms with Gasteiger partial charge in [0.1, 0.15) is 0 Å². The van der Waals surface area contributed by atoms with Gasteiger partial charge in [0, 0.05) is 30.9 Å². The van der Waals surface area contributed by atoms with E-state index in [0.29, 0.717) is 6.04 Å². The van der Waals surface area contributed by atoms with E-state index in [2.05, 4.69) is 41.2 Å². The van der Waals surface area contributed by atoms with E-state index in [-0.39, 0.29) is 0 Å². The van der Waals surface area contributed by atoms with Crippen LogP contribution in [0.5, 0.6) is 0 Å². The van der Waals surface area contributed by atoms with Crippen molar-refractivity contribution in [1.82, 2.24) is 10.3 Å². The molecule has 0 amide bonds. The molecule has 17 heavy (non-hydrogen) atoms. The van der Waals surface area contributed by atoms with E-state index in [4.69, 9.17) is 0 Å².